The summed E-state index contributed by atoms with van der Waals surface area (Å²) in [6.45, 7) is -0.275. The van der Waals surface area contributed by atoms with E-state index in [1.54, 1.807) is 0 Å². The second-order valence-electron chi connectivity index (χ2n) is 23.1. The Balaban J connectivity index is 1.06. The molecule has 19 rings (SSSR count). The van der Waals surface area contributed by atoms with Crippen molar-refractivity contribution in [1.82, 2.24) is 18.3 Å². The Bertz CT molecular complexity index is 5830. The average Bonchev–Trinajstić information content (AvgIpc) is 1.67. The highest BCUT2D eigenvalue weighted by atomic mass is 15.0. The Hall–Kier alpha value is -12.4. The molecular formula is C78H39BN8. The van der Waals surface area contributed by atoms with Gasteiger partial charge in [0.1, 0.15) is 0 Å². The molecule has 2 aliphatic heterocycles. The predicted molar refractivity (Wildman–Crippen MR) is 353 cm³/mol. The number of hydrogen-bond donors (Lipinski definition) is 0. The van der Waals surface area contributed by atoms with Gasteiger partial charge in [0.2, 0.25) is 6.71 Å². The van der Waals surface area contributed by atoms with Gasteiger partial charge < -0.3 is 18.3 Å². The van der Waals surface area contributed by atoms with Crippen LogP contribution in [0.3, 0.4) is 0 Å². The van der Waals surface area contributed by atoms with Crippen molar-refractivity contribution in [1.29, 1.82) is 21.0 Å². The molecule has 394 valence electrons. The number of para-hydroxylation sites is 4. The normalized spacial score (nSPS) is 12.3. The second kappa shape index (κ2) is 17.1. The summed E-state index contributed by atoms with van der Waals surface area (Å²) < 4.78 is 9.56. The fourth-order valence-electron chi connectivity index (χ4n) is 15.7. The molecule has 0 bridgehead atoms. The third-order valence-electron chi connectivity index (χ3n) is 19.0. The van der Waals surface area contributed by atoms with Crippen LogP contribution in [0.25, 0.3) is 154 Å². The zero-order valence-corrected chi connectivity index (χ0v) is 46.2. The minimum Gasteiger partial charge on any atom is -0.309 e. The Kier molecular flexibility index (Phi) is 9.27. The Morgan fingerprint density at radius 3 is 0.851 bits per heavy atom. The molecular weight excluding hydrogens is 1060 g/mol. The summed E-state index contributed by atoms with van der Waals surface area (Å²) in [5.41, 5.74) is 23.1. The summed E-state index contributed by atoms with van der Waals surface area (Å²) in [6.07, 6.45) is 0. The smallest absolute Gasteiger partial charge is 0.244 e. The van der Waals surface area contributed by atoms with Crippen LogP contribution in [-0.4, -0.2) is 25.0 Å². The highest BCUT2D eigenvalue weighted by molar-refractivity contribution is 7.02. The van der Waals surface area contributed by atoms with Gasteiger partial charge in [0, 0.05) is 65.8 Å². The van der Waals surface area contributed by atoms with Crippen molar-refractivity contribution in [3.8, 4) is 69.3 Å². The van der Waals surface area contributed by atoms with E-state index in [2.05, 4.69) is 231 Å². The van der Waals surface area contributed by atoms with Gasteiger partial charge in [-0.05, 0) is 189 Å². The number of hydrogen-bond acceptors (Lipinski definition) is 4. The van der Waals surface area contributed by atoms with Crippen molar-refractivity contribution in [3.63, 3.8) is 0 Å². The molecule has 0 unspecified atom stereocenters. The summed E-state index contributed by atoms with van der Waals surface area (Å²) >= 11 is 0. The van der Waals surface area contributed by atoms with Gasteiger partial charge in [-0.3, -0.25) is 0 Å². The van der Waals surface area contributed by atoms with E-state index in [1.165, 1.54) is 49.4 Å². The van der Waals surface area contributed by atoms with Crippen LogP contribution in [0.1, 0.15) is 22.3 Å². The van der Waals surface area contributed by atoms with Gasteiger partial charge in [-0.1, -0.05) is 107 Å². The zero-order valence-electron chi connectivity index (χ0n) is 46.2. The summed E-state index contributed by atoms with van der Waals surface area (Å²) in [5, 5.41) is 54.1. The fourth-order valence-corrected chi connectivity index (χ4v) is 15.7. The van der Waals surface area contributed by atoms with Crippen molar-refractivity contribution in [2.24, 2.45) is 0 Å². The number of fused-ring (bicyclic) bond motifs is 20. The molecule has 6 heterocycles. The van der Waals surface area contributed by atoms with Crippen molar-refractivity contribution in [2.45, 2.75) is 0 Å². The van der Waals surface area contributed by atoms with E-state index < -0.39 is 0 Å². The molecule has 0 amide bonds. The Labute approximate surface area is 496 Å². The zero-order chi connectivity index (χ0) is 57.5. The first-order valence-electron chi connectivity index (χ1n) is 29.1. The minimum absolute atomic E-state index is 0.275. The van der Waals surface area contributed by atoms with Crippen LogP contribution in [0, 0.1) is 45.3 Å². The van der Waals surface area contributed by atoms with Crippen molar-refractivity contribution in [3.05, 3.63) is 259 Å². The van der Waals surface area contributed by atoms with Gasteiger partial charge in [-0.2, -0.15) is 21.0 Å². The van der Waals surface area contributed by atoms with Gasteiger partial charge in [0.25, 0.3) is 0 Å². The molecule has 0 spiro atoms. The summed E-state index contributed by atoms with van der Waals surface area (Å²) in [6, 6.07) is 93.2. The standard InChI is InChI=1S/C78H39BN8/c80-40-44-20-28-48(29-21-44)84-64-18-7-3-12-54(64)74-66(84)36-58-70-52-10-1-5-16-62(52)86(50-32-24-46(42-82)25-33-50)68(70)38-60-72(58)76(74)56-14-9-15-57-77-73-59(37-67-75(77)55-13-4-8-19-65(55)85(67)49-30-22-45(41-81)23-31-49)71-53-11-2-6-17-63(53)87(51-34-26-47(43-83)27-35-51)69(71)39-61(73)79(60)78(56)57/h1-39H. The van der Waals surface area contributed by atoms with Gasteiger partial charge in [0.05, 0.1) is 90.7 Å². The topological polar surface area (TPSA) is 115 Å². The molecule has 0 saturated carbocycles. The lowest BCUT2D eigenvalue weighted by Crippen LogP contribution is -2.57. The first-order chi connectivity index (χ1) is 43.0. The number of aromatic nitrogens is 4. The van der Waals surface area contributed by atoms with Crippen LogP contribution in [-0.2, 0) is 0 Å². The van der Waals surface area contributed by atoms with Gasteiger partial charge >= 0.3 is 0 Å². The fraction of sp³-hybridized carbons (Fsp3) is 0. The quantitative estimate of drug-likeness (QED) is 0.163. The third-order valence-corrected chi connectivity index (χ3v) is 19.0. The van der Waals surface area contributed by atoms with Gasteiger partial charge in [-0.25, -0.2) is 0 Å². The SMILES string of the molecule is N#Cc1ccc(-n2c3ccccc3c3c4c5c(cc6c(c5cc32)c2ccccc2n6-c2ccc(C#N)cc2)B2c3c-4cccc3-c3c4c2cc2c(c4cc4c3c3ccccc3n4-c3ccc(C#N)cc3)c3ccccc3n2-c2ccc(C#N)cc2)cc1. The van der Waals surface area contributed by atoms with Crippen LogP contribution in [0.4, 0.5) is 0 Å². The second-order valence-corrected chi connectivity index (χ2v) is 23.1. The van der Waals surface area contributed by atoms with Crippen molar-refractivity contribution >= 4 is 132 Å². The summed E-state index contributed by atoms with van der Waals surface area (Å²) in [5.74, 6) is 0. The van der Waals surface area contributed by atoms with Crippen LogP contribution in [0.5, 0.6) is 0 Å². The lowest BCUT2D eigenvalue weighted by atomic mass is 9.31. The first kappa shape index (κ1) is 47.1. The van der Waals surface area contributed by atoms with E-state index in [0.717, 1.165) is 121 Å². The molecule has 2 aliphatic rings. The Morgan fingerprint density at radius 1 is 0.253 bits per heavy atom. The maximum absolute atomic E-state index is 10.1. The maximum Gasteiger partial charge on any atom is 0.244 e. The average molecular weight is 1100 g/mol. The van der Waals surface area contributed by atoms with Crippen molar-refractivity contribution in [2.75, 3.05) is 0 Å². The highest BCUT2D eigenvalue weighted by Gasteiger charge is 2.43. The lowest BCUT2D eigenvalue weighted by molar-refractivity contribution is 1.18. The van der Waals surface area contributed by atoms with Gasteiger partial charge in [0.15, 0.2) is 0 Å². The van der Waals surface area contributed by atoms with E-state index in [0.29, 0.717) is 22.3 Å². The first-order valence-corrected chi connectivity index (χ1v) is 29.1. The van der Waals surface area contributed by atoms with Gasteiger partial charge in [-0.15, -0.1) is 0 Å². The molecule has 0 fully saturated rings. The molecule has 4 aromatic heterocycles. The number of rotatable bonds is 4. The molecule has 0 radical (unpaired) electrons. The number of benzene rings is 13. The molecule has 9 heteroatoms. The van der Waals surface area contributed by atoms with Crippen LogP contribution in [0.15, 0.2) is 237 Å². The number of nitriles is 4. The van der Waals surface area contributed by atoms with E-state index in [4.69, 9.17) is 0 Å². The number of nitrogens with zero attached hydrogens (tertiary/aromatic N) is 8. The van der Waals surface area contributed by atoms with Crippen molar-refractivity contribution < 1.29 is 0 Å². The third kappa shape index (κ3) is 6.06. The predicted octanol–water partition coefficient (Wildman–Crippen LogP) is 16.3. The largest absolute Gasteiger partial charge is 0.309 e. The van der Waals surface area contributed by atoms with Crippen LogP contribution >= 0.6 is 0 Å². The van der Waals surface area contributed by atoms with E-state index >= 15 is 0 Å². The maximum atomic E-state index is 10.1. The Morgan fingerprint density at radius 2 is 0.540 bits per heavy atom. The van der Waals surface area contributed by atoms with E-state index in [-0.39, 0.29) is 6.71 Å². The minimum atomic E-state index is -0.275. The van der Waals surface area contributed by atoms with Crippen LogP contribution in [0.2, 0.25) is 0 Å². The lowest BCUT2D eigenvalue weighted by Gasteiger charge is -2.35. The summed E-state index contributed by atoms with van der Waals surface area (Å²) in [7, 11) is 0. The molecule has 0 aliphatic carbocycles. The molecule has 0 saturated heterocycles. The molecule has 0 atom stereocenters. The van der Waals surface area contributed by atoms with Crippen LogP contribution < -0.4 is 16.4 Å². The summed E-state index contributed by atoms with van der Waals surface area (Å²) in [4.78, 5) is 0. The molecule has 87 heavy (non-hydrogen) atoms. The molecule has 0 N–H and O–H groups in total. The monoisotopic (exact) mass is 1100 g/mol. The highest BCUT2D eigenvalue weighted by Crippen LogP contribution is 2.52. The molecule has 13 aromatic carbocycles. The van der Waals surface area contributed by atoms with E-state index in [9.17, 15) is 21.0 Å². The molecule has 8 nitrogen and oxygen atoms in total. The molecule has 17 aromatic rings. The van der Waals surface area contributed by atoms with E-state index in [1.807, 2.05) is 48.5 Å².